The van der Waals surface area contributed by atoms with Crippen LogP contribution >= 0.6 is 0 Å². The molecular weight excluding hydrogens is 226 g/mol. The Balaban J connectivity index is 2.35. The number of benzene rings is 1. The summed E-state index contributed by atoms with van der Waals surface area (Å²) in [7, 11) is 1.83. The van der Waals surface area contributed by atoms with E-state index >= 15 is 0 Å². The van der Waals surface area contributed by atoms with E-state index in [4.69, 9.17) is 0 Å². The second-order valence-electron chi connectivity index (χ2n) is 4.35. The summed E-state index contributed by atoms with van der Waals surface area (Å²) in [5.74, 6) is 0. The molecule has 18 heavy (non-hydrogen) atoms. The molecule has 1 aromatic carbocycles. The molecule has 0 bridgehead atoms. The highest BCUT2D eigenvalue weighted by atomic mass is 16.1. The van der Waals surface area contributed by atoms with Crippen molar-refractivity contribution < 1.29 is 0 Å². The molecule has 0 aliphatic rings. The summed E-state index contributed by atoms with van der Waals surface area (Å²) < 4.78 is 1.71. The first kappa shape index (κ1) is 10.8. The van der Waals surface area contributed by atoms with E-state index in [0.29, 0.717) is 5.39 Å². The lowest BCUT2D eigenvalue weighted by Gasteiger charge is -2.02. The van der Waals surface area contributed by atoms with Crippen LogP contribution < -0.4 is 5.43 Å². The summed E-state index contributed by atoms with van der Waals surface area (Å²) in [6, 6.07) is 11.4. The summed E-state index contributed by atoms with van der Waals surface area (Å²) >= 11 is 0. The van der Waals surface area contributed by atoms with E-state index in [0.717, 1.165) is 22.6 Å². The van der Waals surface area contributed by atoms with Gasteiger partial charge >= 0.3 is 0 Å². The van der Waals surface area contributed by atoms with E-state index in [1.54, 1.807) is 10.7 Å². The third-order valence-corrected chi connectivity index (χ3v) is 3.08. The number of nitrogens with one attached hydrogen (secondary N) is 1. The topological polar surface area (TPSA) is 50.7 Å². The molecule has 0 saturated heterocycles. The third kappa shape index (κ3) is 1.54. The monoisotopic (exact) mass is 239 g/mol. The number of aromatic nitrogens is 3. The first-order chi connectivity index (χ1) is 8.66. The maximum atomic E-state index is 12.1. The molecule has 0 fully saturated rings. The maximum absolute atomic E-state index is 12.1. The Morgan fingerprint density at radius 3 is 2.67 bits per heavy atom. The number of hydrogen-bond donors (Lipinski definition) is 1. The van der Waals surface area contributed by atoms with Crippen LogP contribution in [0, 0.1) is 6.92 Å². The summed E-state index contributed by atoms with van der Waals surface area (Å²) in [6.07, 6.45) is 0. The minimum atomic E-state index is 0.00760. The number of H-pyrrole nitrogens is 1. The van der Waals surface area contributed by atoms with Crippen LogP contribution in [0.5, 0.6) is 0 Å². The zero-order valence-corrected chi connectivity index (χ0v) is 10.3. The van der Waals surface area contributed by atoms with Gasteiger partial charge in [-0.3, -0.25) is 9.48 Å². The molecule has 0 radical (unpaired) electrons. The van der Waals surface area contributed by atoms with Crippen molar-refractivity contribution in [3.05, 3.63) is 52.3 Å². The van der Waals surface area contributed by atoms with Gasteiger partial charge in [0, 0.05) is 13.1 Å². The predicted octanol–water partition coefficient (Wildman–Crippen LogP) is 2.24. The zero-order valence-electron chi connectivity index (χ0n) is 10.3. The van der Waals surface area contributed by atoms with E-state index in [2.05, 4.69) is 10.1 Å². The highest BCUT2D eigenvalue weighted by Crippen LogP contribution is 2.18. The lowest BCUT2D eigenvalue weighted by molar-refractivity contribution is 0.774. The molecule has 4 nitrogen and oxygen atoms in total. The van der Waals surface area contributed by atoms with Gasteiger partial charge < -0.3 is 4.98 Å². The summed E-state index contributed by atoms with van der Waals surface area (Å²) in [6.45, 7) is 1.85. The van der Waals surface area contributed by atoms with Crippen LogP contribution in [-0.4, -0.2) is 14.8 Å². The molecule has 0 unspecified atom stereocenters. The van der Waals surface area contributed by atoms with Gasteiger partial charge in [0.05, 0.1) is 16.8 Å². The Morgan fingerprint density at radius 2 is 1.94 bits per heavy atom. The molecule has 4 heteroatoms. The van der Waals surface area contributed by atoms with Gasteiger partial charge in [-0.1, -0.05) is 30.3 Å². The van der Waals surface area contributed by atoms with Gasteiger partial charge in [-0.05, 0) is 12.5 Å². The van der Waals surface area contributed by atoms with Crippen LogP contribution in [0.2, 0.25) is 0 Å². The van der Waals surface area contributed by atoms with E-state index in [1.165, 1.54) is 0 Å². The van der Waals surface area contributed by atoms with Crippen LogP contribution in [0.4, 0.5) is 0 Å². The zero-order chi connectivity index (χ0) is 12.7. The second-order valence-corrected chi connectivity index (χ2v) is 4.35. The summed E-state index contributed by atoms with van der Waals surface area (Å²) in [5.41, 5.74) is 3.34. The highest BCUT2D eigenvalue weighted by Gasteiger charge is 2.10. The average molecular weight is 239 g/mol. The first-order valence-electron chi connectivity index (χ1n) is 5.79. The number of nitrogens with zero attached hydrogens (tertiary/aromatic N) is 2. The molecule has 90 valence electrons. The Bertz CT molecular complexity index is 769. The van der Waals surface area contributed by atoms with E-state index in [1.807, 2.05) is 44.3 Å². The van der Waals surface area contributed by atoms with Crippen molar-refractivity contribution in [1.29, 1.82) is 0 Å². The molecule has 0 saturated carbocycles. The van der Waals surface area contributed by atoms with Crippen molar-refractivity contribution in [3.8, 4) is 11.3 Å². The van der Waals surface area contributed by atoms with Gasteiger partial charge in [0.25, 0.3) is 0 Å². The van der Waals surface area contributed by atoms with Crippen molar-refractivity contribution in [2.75, 3.05) is 0 Å². The fraction of sp³-hybridized carbons (Fsp3) is 0.143. The van der Waals surface area contributed by atoms with Crippen LogP contribution in [0.15, 0.2) is 41.2 Å². The van der Waals surface area contributed by atoms with Crippen LogP contribution in [0.1, 0.15) is 5.69 Å². The molecule has 1 N–H and O–H groups in total. The van der Waals surface area contributed by atoms with E-state index in [9.17, 15) is 4.79 Å². The maximum Gasteiger partial charge on any atom is 0.193 e. The minimum absolute atomic E-state index is 0.00760. The molecule has 0 amide bonds. The summed E-state index contributed by atoms with van der Waals surface area (Å²) in [4.78, 5) is 15.4. The fourth-order valence-corrected chi connectivity index (χ4v) is 2.24. The molecule has 0 aliphatic heterocycles. The molecule has 3 aromatic rings. The molecular formula is C14H13N3O. The minimum Gasteiger partial charge on any atom is -0.339 e. The average Bonchev–Trinajstić information content (AvgIpc) is 2.66. The van der Waals surface area contributed by atoms with Crippen molar-refractivity contribution in [3.63, 3.8) is 0 Å². The van der Waals surface area contributed by atoms with Crippen molar-refractivity contribution in [1.82, 2.24) is 14.8 Å². The Labute approximate surface area is 104 Å². The molecule has 0 atom stereocenters. The van der Waals surface area contributed by atoms with Gasteiger partial charge in [-0.25, -0.2) is 0 Å². The Morgan fingerprint density at radius 1 is 1.22 bits per heavy atom. The Kier molecular flexibility index (Phi) is 2.30. The van der Waals surface area contributed by atoms with Crippen LogP contribution in [-0.2, 0) is 7.05 Å². The molecule has 2 heterocycles. The SMILES string of the molecule is Cc1nn(C)c2[nH]c(-c3ccccc3)cc(=O)c12. The number of aryl methyl sites for hydroxylation is 2. The molecule has 0 spiro atoms. The van der Waals surface area contributed by atoms with Gasteiger partial charge in [-0.2, -0.15) is 5.10 Å². The van der Waals surface area contributed by atoms with Gasteiger partial charge in [0.15, 0.2) is 5.43 Å². The number of hydrogen-bond acceptors (Lipinski definition) is 2. The van der Waals surface area contributed by atoms with Gasteiger partial charge in [0.1, 0.15) is 5.65 Å². The molecule has 3 rings (SSSR count). The quantitative estimate of drug-likeness (QED) is 0.708. The van der Waals surface area contributed by atoms with Gasteiger partial charge in [0.2, 0.25) is 0 Å². The van der Waals surface area contributed by atoms with Crippen molar-refractivity contribution in [2.24, 2.45) is 7.05 Å². The van der Waals surface area contributed by atoms with Crippen molar-refractivity contribution >= 4 is 11.0 Å². The standard InChI is InChI=1S/C14H13N3O/c1-9-13-12(18)8-11(10-6-4-3-5-7-10)15-14(13)17(2)16-9/h3-8H,1-2H3,(H,15,18). The van der Waals surface area contributed by atoms with E-state index in [-0.39, 0.29) is 5.43 Å². The third-order valence-electron chi connectivity index (χ3n) is 3.08. The smallest absolute Gasteiger partial charge is 0.193 e. The number of fused-ring (bicyclic) bond motifs is 1. The van der Waals surface area contributed by atoms with Gasteiger partial charge in [-0.15, -0.1) is 0 Å². The van der Waals surface area contributed by atoms with Crippen molar-refractivity contribution in [2.45, 2.75) is 6.92 Å². The Hall–Kier alpha value is -2.36. The number of rotatable bonds is 1. The largest absolute Gasteiger partial charge is 0.339 e. The van der Waals surface area contributed by atoms with Crippen LogP contribution in [0.25, 0.3) is 22.3 Å². The lowest BCUT2D eigenvalue weighted by Crippen LogP contribution is -2.04. The number of pyridine rings is 1. The molecule has 2 aromatic heterocycles. The normalized spacial score (nSPS) is 11.0. The number of aromatic amines is 1. The first-order valence-corrected chi connectivity index (χ1v) is 5.79. The molecule has 0 aliphatic carbocycles. The van der Waals surface area contributed by atoms with E-state index < -0.39 is 0 Å². The summed E-state index contributed by atoms with van der Waals surface area (Å²) in [5, 5.41) is 4.94. The second kappa shape index (κ2) is 3.84. The highest BCUT2D eigenvalue weighted by molar-refractivity contribution is 5.80. The fourth-order valence-electron chi connectivity index (χ4n) is 2.24. The predicted molar refractivity (Wildman–Crippen MR) is 71.5 cm³/mol. The lowest BCUT2D eigenvalue weighted by atomic mass is 10.1. The van der Waals surface area contributed by atoms with Crippen LogP contribution in [0.3, 0.4) is 0 Å².